The second-order valence-electron chi connectivity index (χ2n) is 10.1. The molecular weight excluding hydrogens is 374 g/mol. The Labute approximate surface area is 176 Å². The minimum Gasteiger partial charge on any atom is -0.350 e. The van der Waals surface area contributed by atoms with E-state index in [0.717, 1.165) is 43.4 Å². The molecule has 1 atom stereocenters. The van der Waals surface area contributed by atoms with E-state index in [1.54, 1.807) is 6.07 Å². The van der Waals surface area contributed by atoms with Crippen molar-refractivity contribution in [1.82, 2.24) is 5.32 Å². The smallest absolute Gasteiger partial charge is 0.279 e. The molecule has 3 heterocycles. The SMILES string of the molecule is CC1(C)CC2(CCCCC2)N2C(=O)[C@@]3(NC(=O)c4ccccc4N3)c3cccc1c32. The maximum atomic E-state index is 14.2. The molecule has 6 rings (SSSR count). The number of para-hydroxylation sites is 2. The van der Waals surface area contributed by atoms with Crippen LogP contribution in [-0.2, 0) is 15.9 Å². The van der Waals surface area contributed by atoms with E-state index >= 15 is 0 Å². The molecule has 1 aliphatic carbocycles. The summed E-state index contributed by atoms with van der Waals surface area (Å²) in [6.07, 6.45) is 6.53. The second kappa shape index (κ2) is 5.65. The molecule has 2 N–H and O–H groups in total. The van der Waals surface area contributed by atoms with Gasteiger partial charge in [0.15, 0.2) is 0 Å². The molecule has 2 aromatic rings. The maximum Gasteiger partial charge on any atom is 0.279 e. The highest BCUT2D eigenvalue weighted by Gasteiger charge is 2.63. The normalized spacial score (nSPS) is 27.5. The van der Waals surface area contributed by atoms with Gasteiger partial charge in [-0.05, 0) is 42.4 Å². The van der Waals surface area contributed by atoms with Crippen molar-refractivity contribution in [2.75, 3.05) is 10.2 Å². The Kier molecular flexibility index (Phi) is 3.39. The van der Waals surface area contributed by atoms with Gasteiger partial charge in [0.25, 0.3) is 11.8 Å². The average molecular weight is 402 g/mol. The molecule has 2 aromatic carbocycles. The van der Waals surface area contributed by atoms with Gasteiger partial charge in [0, 0.05) is 16.8 Å². The van der Waals surface area contributed by atoms with E-state index in [2.05, 4.69) is 35.4 Å². The number of nitrogens with one attached hydrogen (secondary N) is 2. The van der Waals surface area contributed by atoms with Crippen LogP contribution in [0.25, 0.3) is 0 Å². The van der Waals surface area contributed by atoms with E-state index in [1.807, 2.05) is 30.3 Å². The first kappa shape index (κ1) is 18.0. The van der Waals surface area contributed by atoms with Crippen molar-refractivity contribution in [2.45, 2.75) is 69.0 Å². The lowest BCUT2D eigenvalue weighted by Crippen LogP contribution is -2.65. The molecule has 4 aliphatic rings. The van der Waals surface area contributed by atoms with Crippen molar-refractivity contribution in [2.24, 2.45) is 0 Å². The molecule has 2 spiro atoms. The molecule has 0 unspecified atom stereocenters. The predicted octanol–water partition coefficient (Wildman–Crippen LogP) is 4.43. The van der Waals surface area contributed by atoms with Crippen LogP contribution in [0.4, 0.5) is 11.4 Å². The average Bonchev–Trinajstić information content (AvgIpc) is 2.96. The number of nitrogens with zero attached hydrogens (tertiary/aromatic N) is 1. The van der Waals surface area contributed by atoms with E-state index in [-0.39, 0.29) is 22.8 Å². The summed E-state index contributed by atoms with van der Waals surface area (Å²) in [5, 5.41) is 6.54. The van der Waals surface area contributed by atoms with Crippen molar-refractivity contribution in [3.63, 3.8) is 0 Å². The standard InChI is InChI=1S/C25H27N3O2/c1-23(2)15-24(13-6-3-7-14-24)28-20-17(23)10-8-11-18(20)25(22(28)30)26-19-12-5-4-9-16(19)21(29)27-25/h4-5,8-12,26H,3,6-7,13-15H2,1-2H3,(H,27,29)/t25-/m0/s1. The van der Waals surface area contributed by atoms with Crippen molar-refractivity contribution in [1.29, 1.82) is 0 Å². The third-order valence-corrected chi connectivity index (χ3v) is 7.74. The van der Waals surface area contributed by atoms with E-state index in [0.29, 0.717) is 11.3 Å². The predicted molar refractivity (Wildman–Crippen MR) is 117 cm³/mol. The second-order valence-corrected chi connectivity index (χ2v) is 10.1. The van der Waals surface area contributed by atoms with E-state index in [4.69, 9.17) is 0 Å². The van der Waals surface area contributed by atoms with Crippen molar-refractivity contribution >= 4 is 23.2 Å². The van der Waals surface area contributed by atoms with Crippen molar-refractivity contribution < 1.29 is 9.59 Å². The van der Waals surface area contributed by atoms with Gasteiger partial charge in [0.2, 0.25) is 5.66 Å². The van der Waals surface area contributed by atoms with Gasteiger partial charge in [-0.1, -0.05) is 63.4 Å². The van der Waals surface area contributed by atoms with Gasteiger partial charge in [-0.25, -0.2) is 0 Å². The van der Waals surface area contributed by atoms with Gasteiger partial charge in [0.1, 0.15) is 0 Å². The minimum atomic E-state index is -1.23. The van der Waals surface area contributed by atoms with Crippen LogP contribution in [0.3, 0.4) is 0 Å². The van der Waals surface area contributed by atoms with Crippen LogP contribution >= 0.6 is 0 Å². The molecule has 0 aromatic heterocycles. The van der Waals surface area contributed by atoms with Gasteiger partial charge in [-0.2, -0.15) is 0 Å². The summed E-state index contributed by atoms with van der Waals surface area (Å²) in [5.41, 5.74) is 2.96. The van der Waals surface area contributed by atoms with Crippen LogP contribution in [0.5, 0.6) is 0 Å². The molecule has 30 heavy (non-hydrogen) atoms. The number of fused-ring (bicyclic) bond motifs is 3. The number of carbonyl (C=O) groups excluding carboxylic acids is 2. The van der Waals surface area contributed by atoms with Gasteiger partial charge in [0.05, 0.1) is 11.3 Å². The lowest BCUT2D eigenvalue weighted by molar-refractivity contribution is -0.125. The van der Waals surface area contributed by atoms with E-state index < -0.39 is 5.66 Å². The fourth-order valence-electron chi connectivity index (χ4n) is 6.58. The summed E-state index contributed by atoms with van der Waals surface area (Å²) >= 11 is 0. The summed E-state index contributed by atoms with van der Waals surface area (Å²) in [4.78, 5) is 29.4. The van der Waals surface area contributed by atoms with E-state index in [1.165, 1.54) is 12.0 Å². The Morgan fingerprint density at radius 2 is 1.60 bits per heavy atom. The highest BCUT2D eigenvalue weighted by atomic mass is 16.2. The highest BCUT2D eigenvalue weighted by Crippen LogP contribution is 2.58. The summed E-state index contributed by atoms with van der Waals surface area (Å²) in [7, 11) is 0. The maximum absolute atomic E-state index is 14.2. The fourth-order valence-corrected chi connectivity index (χ4v) is 6.58. The van der Waals surface area contributed by atoms with Crippen LogP contribution in [0.1, 0.15) is 73.9 Å². The molecule has 154 valence electrons. The zero-order valence-electron chi connectivity index (χ0n) is 17.5. The van der Waals surface area contributed by atoms with Crippen molar-refractivity contribution in [3.05, 3.63) is 59.2 Å². The number of hydrogen-bond acceptors (Lipinski definition) is 3. The molecule has 5 heteroatoms. The Hall–Kier alpha value is -2.82. The van der Waals surface area contributed by atoms with Crippen molar-refractivity contribution in [3.8, 4) is 0 Å². The molecule has 0 bridgehead atoms. The first-order chi connectivity index (χ1) is 14.4. The zero-order valence-corrected chi connectivity index (χ0v) is 17.5. The molecule has 0 radical (unpaired) electrons. The molecule has 2 amide bonds. The molecule has 3 aliphatic heterocycles. The van der Waals surface area contributed by atoms with E-state index in [9.17, 15) is 9.59 Å². The lowest BCUT2D eigenvalue weighted by Gasteiger charge is -2.53. The van der Waals surface area contributed by atoms with Crippen LogP contribution in [0, 0.1) is 0 Å². The van der Waals surface area contributed by atoms with Crippen LogP contribution < -0.4 is 15.5 Å². The van der Waals surface area contributed by atoms with Gasteiger partial charge >= 0.3 is 0 Å². The first-order valence-corrected chi connectivity index (χ1v) is 11.1. The van der Waals surface area contributed by atoms with Crippen LogP contribution in [0.15, 0.2) is 42.5 Å². The molecule has 1 fully saturated rings. The van der Waals surface area contributed by atoms with Crippen LogP contribution in [-0.4, -0.2) is 17.4 Å². The third-order valence-electron chi connectivity index (χ3n) is 7.74. The number of hydrogen-bond donors (Lipinski definition) is 2. The highest BCUT2D eigenvalue weighted by molar-refractivity contribution is 6.16. The largest absolute Gasteiger partial charge is 0.350 e. The number of rotatable bonds is 0. The number of anilines is 2. The van der Waals surface area contributed by atoms with Crippen LogP contribution in [0.2, 0.25) is 0 Å². The van der Waals surface area contributed by atoms with Gasteiger partial charge in [-0.15, -0.1) is 0 Å². The summed E-state index contributed by atoms with van der Waals surface area (Å²) < 4.78 is 0. The topological polar surface area (TPSA) is 61.4 Å². The Morgan fingerprint density at radius 1 is 0.867 bits per heavy atom. The number of benzene rings is 2. The number of amides is 2. The number of carbonyl (C=O) groups is 2. The third kappa shape index (κ3) is 2.08. The Balaban J connectivity index is 1.61. The fraction of sp³-hybridized carbons (Fsp3) is 0.440. The first-order valence-electron chi connectivity index (χ1n) is 11.1. The van der Waals surface area contributed by atoms with Gasteiger partial charge < -0.3 is 15.5 Å². The minimum absolute atomic E-state index is 0.0262. The quantitative estimate of drug-likeness (QED) is 0.687. The molecule has 5 nitrogen and oxygen atoms in total. The monoisotopic (exact) mass is 401 g/mol. The lowest BCUT2D eigenvalue weighted by atomic mass is 9.64. The molecule has 1 saturated carbocycles. The Bertz CT molecular complexity index is 1100. The van der Waals surface area contributed by atoms with Gasteiger partial charge in [-0.3, -0.25) is 9.59 Å². The summed E-state index contributed by atoms with van der Waals surface area (Å²) in [6.45, 7) is 4.60. The Morgan fingerprint density at radius 3 is 2.40 bits per heavy atom. The molecule has 0 saturated heterocycles. The summed E-state index contributed by atoms with van der Waals surface area (Å²) in [6, 6.07) is 13.6. The summed E-state index contributed by atoms with van der Waals surface area (Å²) in [5.74, 6) is -0.239. The molecular formula is C25H27N3O2. The zero-order chi connectivity index (χ0) is 20.7.